The summed E-state index contributed by atoms with van der Waals surface area (Å²) in [5.41, 5.74) is 0.857. The number of hydrogen-bond donors (Lipinski definition) is 2. The van der Waals surface area contributed by atoms with Crippen molar-refractivity contribution in [2.45, 2.75) is 53.1 Å². The first-order chi connectivity index (χ1) is 6.25. The second kappa shape index (κ2) is 4.94. The summed E-state index contributed by atoms with van der Waals surface area (Å²) in [5.74, 6) is 0. The Morgan fingerprint density at radius 1 is 1.29 bits per heavy atom. The molecule has 0 aromatic rings. The predicted octanol–water partition coefficient (Wildman–Crippen LogP) is 2.50. The molecule has 1 atom stereocenters. The maximum Gasteiger partial charge on any atom is 0.0826 e. The Labute approximate surface area is 87.7 Å². The smallest absolute Gasteiger partial charge is 0.0826 e. The molecule has 0 spiro atoms. The standard InChI is InChI=1S/C10H18O.C2H6O/c1-8-7-9(2,3)5-6-10(8,4)11;1-2-3/h7,11H,5-6H2,1-4H3;3H,2H2,1H3. The number of allylic oxidation sites excluding steroid dienone is 1. The molecule has 84 valence electrons. The molecular formula is C12H24O2. The summed E-state index contributed by atoms with van der Waals surface area (Å²) < 4.78 is 0. The molecule has 0 aromatic heterocycles. The van der Waals surface area contributed by atoms with E-state index in [1.54, 1.807) is 6.92 Å². The summed E-state index contributed by atoms with van der Waals surface area (Å²) in [7, 11) is 0. The summed E-state index contributed by atoms with van der Waals surface area (Å²) in [6, 6.07) is 0. The number of aliphatic hydroxyl groups is 2. The normalized spacial score (nSPS) is 30.1. The second-order valence-electron chi connectivity index (χ2n) is 4.91. The van der Waals surface area contributed by atoms with Crippen molar-refractivity contribution in [2.24, 2.45) is 5.41 Å². The molecule has 1 rings (SSSR count). The summed E-state index contributed by atoms with van der Waals surface area (Å²) in [5, 5.41) is 17.4. The van der Waals surface area contributed by atoms with Crippen molar-refractivity contribution in [2.75, 3.05) is 6.61 Å². The lowest BCUT2D eigenvalue weighted by Gasteiger charge is -2.36. The van der Waals surface area contributed by atoms with Crippen molar-refractivity contribution in [1.82, 2.24) is 0 Å². The molecule has 0 saturated heterocycles. The number of rotatable bonds is 0. The fourth-order valence-corrected chi connectivity index (χ4v) is 1.58. The molecule has 0 radical (unpaired) electrons. The van der Waals surface area contributed by atoms with Crippen molar-refractivity contribution < 1.29 is 10.2 Å². The topological polar surface area (TPSA) is 40.5 Å². The molecule has 0 fully saturated rings. The molecule has 1 aliphatic rings. The van der Waals surface area contributed by atoms with Gasteiger partial charge in [-0.05, 0) is 44.6 Å². The van der Waals surface area contributed by atoms with Gasteiger partial charge < -0.3 is 10.2 Å². The van der Waals surface area contributed by atoms with Crippen LogP contribution in [0, 0.1) is 5.41 Å². The summed E-state index contributed by atoms with van der Waals surface area (Å²) in [6.45, 7) is 10.3. The second-order valence-corrected chi connectivity index (χ2v) is 4.91. The van der Waals surface area contributed by atoms with Crippen molar-refractivity contribution in [3.8, 4) is 0 Å². The molecule has 1 unspecified atom stereocenters. The van der Waals surface area contributed by atoms with Gasteiger partial charge in [-0.15, -0.1) is 0 Å². The Morgan fingerprint density at radius 2 is 1.71 bits per heavy atom. The molecule has 2 N–H and O–H groups in total. The summed E-state index contributed by atoms with van der Waals surface area (Å²) in [4.78, 5) is 0. The van der Waals surface area contributed by atoms with Gasteiger partial charge in [-0.25, -0.2) is 0 Å². The highest BCUT2D eigenvalue weighted by Crippen LogP contribution is 2.38. The zero-order valence-corrected chi connectivity index (χ0v) is 10.1. The SMILES string of the molecule is CC1=CC(C)(C)CCC1(C)O.CCO. The van der Waals surface area contributed by atoms with Gasteiger partial charge in [0.05, 0.1) is 5.60 Å². The van der Waals surface area contributed by atoms with E-state index in [-0.39, 0.29) is 12.0 Å². The first-order valence-corrected chi connectivity index (χ1v) is 5.28. The average Bonchev–Trinajstić information content (AvgIpc) is 2.00. The van der Waals surface area contributed by atoms with Crippen molar-refractivity contribution >= 4 is 0 Å². The maximum absolute atomic E-state index is 9.81. The van der Waals surface area contributed by atoms with E-state index in [2.05, 4.69) is 19.9 Å². The largest absolute Gasteiger partial charge is 0.397 e. The van der Waals surface area contributed by atoms with E-state index >= 15 is 0 Å². The minimum Gasteiger partial charge on any atom is -0.397 e. The van der Waals surface area contributed by atoms with Gasteiger partial charge in [0.2, 0.25) is 0 Å². The number of aliphatic hydroxyl groups excluding tert-OH is 1. The van der Waals surface area contributed by atoms with E-state index in [4.69, 9.17) is 5.11 Å². The maximum atomic E-state index is 9.81. The Bertz CT molecular complexity index is 202. The molecule has 0 aromatic carbocycles. The van der Waals surface area contributed by atoms with E-state index in [0.29, 0.717) is 0 Å². The van der Waals surface area contributed by atoms with Gasteiger partial charge >= 0.3 is 0 Å². The fourth-order valence-electron chi connectivity index (χ4n) is 1.58. The lowest BCUT2D eigenvalue weighted by Crippen LogP contribution is -2.32. The molecular weight excluding hydrogens is 176 g/mol. The molecule has 0 amide bonds. The van der Waals surface area contributed by atoms with Gasteiger partial charge in [-0.2, -0.15) is 0 Å². The van der Waals surface area contributed by atoms with Crippen LogP contribution < -0.4 is 0 Å². The third-order valence-electron chi connectivity index (χ3n) is 2.71. The van der Waals surface area contributed by atoms with Crippen LogP contribution in [0.15, 0.2) is 11.6 Å². The van der Waals surface area contributed by atoms with E-state index in [1.807, 2.05) is 13.8 Å². The lowest BCUT2D eigenvalue weighted by atomic mass is 9.73. The van der Waals surface area contributed by atoms with Crippen LogP contribution in [0.1, 0.15) is 47.5 Å². The number of hydrogen-bond acceptors (Lipinski definition) is 2. The van der Waals surface area contributed by atoms with Crippen LogP contribution in [0.5, 0.6) is 0 Å². The van der Waals surface area contributed by atoms with Crippen molar-refractivity contribution in [1.29, 1.82) is 0 Å². The van der Waals surface area contributed by atoms with Crippen LogP contribution in [-0.2, 0) is 0 Å². The average molecular weight is 200 g/mol. The zero-order chi connectivity index (χ0) is 11.4. The van der Waals surface area contributed by atoms with Crippen molar-refractivity contribution in [3.05, 3.63) is 11.6 Å². The van der Waals surface area contributed by atoms with Gasteiger partial charge in [0.25, 0.3) is 0 Å². The molecule has 0 saturated carbocycles. The van der Waals surface area contributed by atoms with Crippen LogP contribution in [0.3, 0.4) is 0 Å². The van der Waals surface area contributed by atoms with Crippen molar-refractivity contribution in [3.63, 3.8) is 0 Å². The molecule has 1 aliphatic carbocycles. The van der Waals surface area contributed by atoms with Gasteiger partial charge in [0.1, 0.15) is 0 Å². The molecule has 2 nitrogen and oxygen atoms in total. The van der Waals surface area contributed by atoms with Crippen LogP contribution >= 0.6 is 0 Å². The molecule has 0 bridgehead atoms. The molecule has 0 heterocycles. The van der Waals surface area contributed by atoms with E-state index in [1.165, 1.54) is 0 Å². The lowest BCUT2D eigenvalue weighted by molar-refractivity contribution is 0.0660. The Kier molecular flexibility index (Phi) is 4.82. The quantitative estimate of drug-likeness (QED) is 0.590. The minimum absolute atomic E-state index is 0.250. The van der Waals surface area contributed by atoms with Crippen LogP contribution in [0.4, 0.5) is 0 Å². The Hall–Kier alpha value is -0.340. The van der Waals surface area contributed by atoms with Crippen LogP contribution in [0.2, 0.25) is 0 Å². The fraction of sp³-hybridized carbons (Fsp3) is 0.833. The predicted molar refractivity (Wildman–Crippen MR) is 60.2 cm³/mol. The van der Waals surface area contributed by atoms with Crippen LogP contribution in [-0.4, -0.2) is 22.4 Å². The first-order valence-electron chi connectivity index (χ1n) is 5.28. The van der Waals surface area contributed by atoms with E-state index in [0.717, 1.165) is 18.4 Å². The van der Waals surface area contributed by atoms with Gasteiger partial charge in [0, 0.05) is 6.61 Å². The van der Waals surface area contributed by atoms with E-state index in [9.17, 15) is 5.11 Å². The Morgan fingerprint density at radius 3 is 2.00 bits per heavy atom. The molecule has 14 heavy (non-hydrogen) atoms. The van der Waals surface area contributed by atoms with Gasteiger partial charge in [0.15, 0.2) is 0 Å². The summed E-state index contributed by atoms with van der Waals surface area (Å²) >= 11 is 0. The van der Waals surface area contributed by atoms with Gasteiger partial charge in [-0.3, -0.25) is 0 Å². The van der Waals surface area contributed by atoms with E-state index < -0.39 is 5.60 Å². The highest BCUT2D eigenvalue weighted by Gasteiger charge is 2.31. The third-order valence-corrected chi connectivity index (χ3v) is 2.71. The minimum atomic E-state index is -0.546. The molecule has 2 heteroatoms. The first kappa shape index (κ1) is 13.7. The highest BCUT2D eigenvalue weighted by molar-refractivity contribution is 5.19. The summed E-state index contributed by atoms with van der Waals surface area (Å²) in [6.07, 6.45) is 4.16. The zero-order valence-electron chi connectivity index (χ0n) is 10.1. The molecule has 0 aliphatic heterocycles. The monoisotopic (exact) mass is 200 g/mol. The Balaban J connectivity index is 0.000000500. The van der Waals surface area contributed by atoms with Crippen LogP contribution in [0.25, 0.3) is 0 Å². The third kappa shape index (κ3) is 4.25. The highest BCUT2D eigenvalue weighted by atomic mass is 16.3. The van der Waals surface area contributed by atoms with Gasteiger partial charge in [-0.1, -0.05) is 19.9 Å².